The van der Waals surface area contributed by atoms with E-state index in [4.69, 9.17) is 0 Å². The van der Waals surface area contributed by atoms with Crippen LogP contribution in [-0.2, 0) is 4.79 Å². The van der Waals surface area contributed by atoms with Crippen LogP contribution in [0.15, 0.2) is 12.4 Å². The molecule has 1 heterocycles. The molecular weight excluding hydrogens is 166 g/mol. The first-order valence-corrected chi connectivity index (χ1v) is 4.39. The lowest BCUT2D eigenvalue weighted by molar-refractivity contribution is -0.117. The molecule has 4 heteroatoms. The SMILES string of the molecule is CC1(C)CC1C(=O)Nc1cn[nH]c1. The predicted octanol–water partition coefficient (Wildman–Crippen LogP) is 1.39. The molecule has 0 saturated heterocycles. The Morgan fingerprint density at radius 1 is 1.77 bits per heavy atom. The quantitative estimate of drug-likeness (QED) is 0.720. The highest BCUT2D eigenvalue weighted by Crippen LogP contribution is 2.51. The fourth-order valence-corrected chi connectivity index (χ4v) is 1.46. The minimum atomic E-state index is 0.103. The summed E-state index contributed by atoms with van der Waals surface area (Å²) in [6, 6.07) is 0. The van der Waals surface area contributed by atoms with Gasteiger partial charge in [-0.1, -0.05) is 13.8 Å². The third-order valence-electron chi connectivity index (χ3n) is 2.60. The minimum Gasteiger partial charge on any atom is -0.323 e. The number of nitrogens with zero attached hydrogens (tertiary/aromatic N) is 1. The molecule has 1 aromatic heterocycles. The van der Waals surface area contributed by atoms with Gasteiger partial charge in [-0.25, -0.2) is 0 Å². The number of carbonyl (C=O) groups is 1. The summed E-state index contributed by atoms with van der Waals surface area (Å²) >= 11 is 0. The van der Waals surface area contributed by atoms with Gasteiger partial charge in [-0.2, -0.15) is 5.10 Å². The maximum atomic E-state index is 11.5. The number of carbonyl (C=O) groups excluding carboxylic acids is 1. The maximum Gasteiger partial charge on any atom is 0.228 e. The first kappa shape index (κ1) is 8.29. The molecule has 1 aromatic rings. The monoisotopic (exact) mass is 179 g/mol. The number of aromatic amines is 1. The Morgan fingerprint density at radius 3 is 2.92 bits per heavy atom. The van der Waals surface area contributed by atoms with E-state index in [1.807, 2.05) is 0 Å². The van der Waals surface area contributed by atoms with Gasteiger partial charge in [0.1, 0.15) is 0 Å². The summed E-state index contributed by atoms with van der Waals surface area (Å²) in [6.07, 6.45) is 4.26. The maximum absolute atomic E-state index is 11.5. The number of nitrogens with one attached hydrogen (secondary N) is 2. The van der Waals surface area contributed by atoms with E-state index in [-0.39, 0.29) is 17.2 Å². The van der Waals surface area contributed by atoms with E-state index >= 15 is 0 Å². The van der Waals surface area contributed by atoms with Crippen molar-refractivity contribution in [3.8, 4) is 0 Å². The highest BCUT2D eigenvalue weighted by molar-refractivity contribution is 5.94. The van der Waals surface area contributed by atoms with Crippen LogP contribution in [0.4, 0.5) is 5.69 Å². The van der Waals surface area contributed by atoms with Crippen molar-refractivity contribution in [2.24, 2.45) is 11.3 Å². The molecule has 0 aromatic carbocycles. The van der Waals surface area contributed by atoms with Crippen LogP contribution >= 0.6 is 0 Å². The second-order valence-electron chi connectivity index (χ2n) is 4.22. The number of H-pyrrole nitrogens is 1. The molecule has 2 rings (SSSR count). The predicted molar refractivity (Wildman–Crippen MR) is 49.1 cm³/mol. The average molecular weight is 179 g/mol. The lowest BCUT2D eigenvalue weighted by Gasteiger charge is -2.03. The van der Waals surface area contributed by atoms with Gasteiger partial charge in [0.25, 0.3) is 0 Å². The highest BCUT2D eigenvalue weighted by atomic mass is 16.2. The van der Waals surface area contributed by atoms with E-state index in [1.54, 1.807) is 12.4 Å². The number of amides is 1. The summed E-state index contributed by atoms with van der Waals surface area (Å²) in [5.41, 5.74) is 0.932. The molecule has 0 radical (unpaired) electrons. The minimum absolute atomic E-state index is 0.103. The molecule has 1 aliphatic carbocycles. The van der Waals surface area contributed by atoms with Crippen molar-refractivity contribution in [1.29, 1.82) is 0 Å². The zero-order chi connectivity index (χ0) is 9.47. The van der Waals surface area contributed by atoms with E-state index in [0.717, 1.165) is 12.1 Å². The Kier molecular flexibility index (Phi) is 1.65. The first-order chi connectivity index (χ1) is 6.09. The Hall–Kier alpha value is -1.32. The summed E-state index contributed by atoms with van der Waals surface area (Å²) in [4.78, 5) is 11.5. The summed E-state index contributed by atoms with van der Waals surface area (Å²) in [6.45, 7) is 4.21. The lowest BCUT2D eigenvalue weighted by atomic mass is 10.1. The van der Waals surface area contributed by atoms with Crippen LogP contribution in [0.2, 0.25) is 0 Å². The second kappa shape index (κ2) is 2.58. The van der Waals surface area contributed by atoms with Gasteiger partial charge >= 0.3 is 0 Å². The fraction of sp³-hybridized carbons (Fsp3) is 0.556. The summed E-state index contributed by atoms with van der Waals surface area (Å²) in [7, 11) is 0. The Labute approximate surface area is 76.7 Å². The summed E-state index contributed by atoms with van der Waals surface area (Å²) in [5, 5.41) is 9.21. The number of rotatable bonds is 2. The van der Waals surface area contributed by atoms with E-state index in [0.29, 0.717) is 0 Å². The zero-order valence-corrected chi connectivity index (χ0v) is 7.79. The third kappa shape index (κ3) is 1.56. The molecular formula is C9H13N3O. The Bertz CT molecular complexity index is 316. The molecule has 0 spiro atoms. The molecule has 0 aliphatic heterocycles. The number of hydrogen-bond acceptors (Lipinski definition) is 2. The van der Waals surface area contributed by atoms with Crippen molar-refractivity contribution in [2.45, 2.75) is 20.3 Å². The highest BCUT2D eigenvalue weighted by Gasteiger charge is 2.50. The molecule has 1 unspecified atom stereocenters. The molecule has 2 N–H and O–H groups in total. The van der Waals surface area contributed by atoms with Crippen LogP contribution in [0, 0.1) is 11.3 Å². The molecule has 0 bridgehead atoms. The molecule has 1 amide bonds. The van der Waals surface area contributed by atoms with Gasteiger partial charge in [-0.3, -0.25) is 9.89 Å². The first-order valence-electron chi connectivity index (χ1n) is 4.39. The Morgan fingerprint density at radius 2 is 2.46 bits per heavy atom. The van der Waals surface area contributed by atoms with E-state index in [2.05, 4.69) is 29.4 Å². The number of anilines is 1. The average Bonchev–Trinajstić information content (AvgIpc) is 2.49. The van der Waals surface area contributed by atoms with E-state index < -0.39 is 0 Å². The molecule has 4 nitrogen and oxygen atoms in total. The molecule has 1 aliphatic rings. The van der Waals surface area contributed by atoms with Crippen LogP contribution in [-0.4, -0.2) is 16.1 Å². The smallest absolute Gasteiger partial charge is 0.228 e. The van der Waals surface area contributed by atoms with Gasteiger partial charge in [0.15, 0.2) is 0 Å². The van der Waals surface area contributed by atoms with Crippen LogP contribution in [0.25, 0.3) is 0 Å². The number of aromatic nitrogens is 2. The van der Waals surface area contributed by atoms with Gasteiger partial charge in [0, 0.05) is 12.1 Å². The lowest BCUT2D eigenvalue weighted by Crippen LogP contribution is -2.15. The van der Waals surface area contributed by atoms with Gasteiger partial charge in [0.05, 0.1) is 11.9 Å². The second-order valence-corrected chi connectivity index (χ2v) is 4.22. The van der Waals surface area contributed by atoms with Crippen LogP contribution in [0.3, 0.4) is 0 Å². The molecule has 13 heavy (non-hydrogen) atoms. The summed E-state index contributed by atoms with van der Waals surface area (Å²) in [5.74, 6) is 0.272. The van der Waals surface area contributed by atoms with Crippen molar-refractivity contribution in [3.05, 3.63) is 12.4 Å². The largest absolute Gasteiger partial charge is 0.323 e. The number of hydrogen-bond donors (Lipinski definition) is 2. The zero-order valence-electron chi connectivity index (χ0n) is 7.79. The molecule has 1 fully saturated rings. The van der Waals surface area contributed by atoms with Crippen molar-refractivity contribution in [3.63, 3.8) is 0 Å². The van der Waals surface area contributed by atoms with Crippen LogP contribution in [0.1, 0.15) is 20.3 Å². The van der Waals surface area contributed by atoms with Gasteiger partial charge < -0.3 is 5.32 Å². The van der Waals surface area contributed by atoms with E-state index in [9.17, 15) is 4.79 Å². The molecule has 1 atom stereocenters. The van der Waals surface area contributed by atoms with Gasteiger partial charge in [-0.05, 0) is 11.8 Å². The third-order valence-corrected chi connectivity index (χ3v) is 2.60. The van der Waals surface area contributed by atoms with Crippen LogP contribution in [0.5, 0.6) is 0 Å². The van der Waals surface area contributed by atoms with E-state index in [1.165, 1.54) is 0 Å². The fourth-order valence-electron chi connectivity index (χ4n) is 1.46. The van der Waals surface area contributed by atoms with Gasteiger partial charge in [-0.15, -0.1) is 0 Å². The van der Waals surface area contributed by atoms with Gasteiger partial charge in [0.2, 0.25) is 5.91 Å². The van der Waals surface area contributed by atoms with Crippen molar-refractivity contribution in [2.75, 3.05) is 5.32 Å². The molecule has 1 saturated carbocycles. The van der Waals surface area contributed by atoms with Crippen molar-refractivity contribution >= 4 is 11.6 Å². The Balaban J connectivity index is 1.94. The standard InChI is InChI=1S/C9H13N3O/c1-9(2)3-7(9)8(13)12-6-4-10-11-5-6/h4-5,7H,3H2,1-2H3,(H,10,11)(H,12,13). The summed E-state index contributed by atoms with van der Waals surface area (Å²) < 4.78 is 0. The van der Waals surface area contributed by atoms with Crippen molar-refractivity contribution < 1.29 is 4.79 Å². The normalized spacial score (nSPS) is 24.0. The molecule has 70 valence electrons. The topological polar surface area (TPSA) is 57.8 Å². The van der Waals surface area contributed by atoms with Crippen LogP contribution < -0.4 is 5.32 Å². The van der Waals surface area contributed by atoms with Crippen molar-refractivity contribution in [1.82, 2.24) is 10.2 Å².